The summed E-state index contributed by atoms with van der Waals surface area (Å²) in [7, 11) is 2.17. The number of hydrogen-bond donors (Lipinski definition) is 0. The van der Waals surface area contributed by atoms with Crippen LogP contribution < -0.4 is 0 Å². The Labute approximate surface area is 81.3 Å². The molecule has 0 atom stereocenters. The van der Waals surface area contributed by atoms with E-state index in [2.05, 4.69) is 25.8 Å². The maximum absolute atomic E-state index is 5.99. The summed E-state index contributed by atoms with van der Waals surface area (Å²) in [6.45, 7) is 7.96. The lowest BCUT2D eigenvalue weighted by Crippen LogP contribution is -2.61. The highest BCUT2D eigenvalue weighted by Gasteiger charge is 2.44. The molecule has 2 aliphatic rings. The Morgan fingerprint density at radius 1 is 1.08 bits per heavy atom. The van der Waals surface area contributed by atoms with E-state index in [0.29, 0.717) is 5.41 Å². The first kappa shape index (κ1) is 9.47. The van der Waals surface area contributed by atoms with Crippen molar-refractivity contribution in [3.8, 4) is 0 Å². The number of ether oxygens (including phenoxy) is 1. The van der Waals surface area contributed by atoms with Crippen molar-refractivity contribution in [2.75, 3.05) is 26.7 Å². The molecule has 2 heteroatoms. The van der Waals surface area contributed by atoms with Crippen LogP contribution in [0.15, 0.2) is 0 Å². The molecule has 2 nitrogen and oxygen atoms in total. The molecular formula is C11H21NO. The molecule has 0 radical (unpaired) electrons. The van der Waals surface area contributed by atoms with Gasteiger partial charge in [0.2, 0.25) is 0 Å². The molecule has 2 aliphatic heterocycles. The minimum absolute atomic E-state index is 0.239. The standard InChI is InChI=1S/C11H21NO/c1-10(2)4-5-11(13-7-6-10)8-12(3)9-11/h4-9H2,1-3H3. The van der Waals surface area contributed by atoms with E-state index in [1.807, 2.05) is 0 Å². The number of rotatable bonds is 0. The molecule has 13 heavy (non-hydrogen) atoms. The van der Waals surface area contributed by atoms with E-state index in [9.17, 15) is 0 Å². The van der Waals surface area contributed by atoms with Gasteiger partial charge in [-0.25, -0.2) is 0 Å². The van der Waals surface area contributed by atoms with Gasteiger partial charge >= 0.3 is 0 Å². The van der Waals surface area contributed by atoms with E-state index < -0.39 is 0 Å². The Bertz CT molecular complexity index is 194. The van der Waals surface area contributed by atoms with E-state index in [1.165, 1.54) is 19.3 Å². The summed E-state index contributed by atoms with van der Waals surface area (Å²) in [5.74, 6) is 0. The molecule has 0 amide bonds. The summed E-state index contributed by atoms with van der Waals surface area (Å²) < 4.78 is 5.99. The second-order valence-electron chi connectivity index (χ2n) is 5.62. The Morgan fingerprint density at radius 3 is 2.38 bits per heavy atom. The quantitative estimate of drug-likeness (QED) is 0.568. The van der Waals surface area contributed by atoms with Gasteiger partial charge in [-0.15, -0.1) is 0 Å². The largest absolute Gasteiger partial charge is 0.372 e. The summed E-state index contributed by atoms with van der Waals surface area (Å²) in [6.07, 6.45) is 3.80. The second kappa shape index (κ2) is 2.96. The number of likely N-dealkylation sites (N-methyl/N-ethyl adjacent to an activating group) is 1. The zero-order chi connectivity index (χ0) is 9.53. The lowest BCUT2D eigenvalue weighted by molar-refractivity contribution is -0.134. The highest BCUT2D eigenvalue weighted by atomic mass is 16.5. The van der Waals surface area contributed by atoms with Crippen LogP contribution in [-0.2, 0) is 4.74 Å². The Kier molecular flexibility index (Phi) is 2.16. The van der Waals surface area contributed by atoms with Crippen LogP contribution in [-0.4, -0.2) is 37.2 Å². The first-order valence-electron chi connectivity index (χ1n) is 5.34. The summed E-state index contributed by atoms with van der Waals surface area (Å²) in [5, 5.41) is 0. The Balaban J connectivity index is 1.95. The monoisotopic (exact) mass is 183 g/mol. The summed E-state index contributed by atoms with van der Waals surface area (Å²) >= 11 is 0. The van der Waals surface area contributed by atoms with Crippen molar-refractivity contribution in [1.82, 2.24) is 4.90 Å². The zero-order valence-electron chi connectivity index (χ0n) is 9.10. The van der Waals surface area contributed by atoms with Gasteiger partial charge in [-0.1, -0.05) is 13.8 Å². The molecular weight excluding hydrogens is 162 g/mol. The molecule has 1 spiro atoms. The molecule has 2 heterocycles. The van der Waals surface area contributed by atoms with E-state index in [1.54, 1.807) is 0 Å². The lowest BCUT2D eigenvalue weighted by Gasteiger charge is -2.47. The van der Waals surface area contributed by atoms with Gasteiger partial charge in [0.25, 0.3) is 0 Å². The smallest absolute Gasteiger partial charge is 0.0934 e. The van der Waals surface area contributed by atoms with Crippen molar-refractivity contribution in [2.24, 2.45) is 5.41 Å². The van der Waals surface area contributed by atoms with Crippen LogP contribution >= 0.6 is 0 Å². The predicted octanol–water partition coefficient (Wildman–Crippen LogP) is 1.90. The maximum atomic E-state index is 5.99. The van der Waals surface area contributed by atoms with Gasteiger partial charge in [-0.2, -0.15) is 0 Å². The first-order valence-corrected chi connectivity index (χ1v) is 5.34. The molecule has 0 aromatic carbocycles. The fourth-order valence-corrected chi connectivity index (χ4v) is 2.49. The first-order chi connectivity index (χ1) is 6.02. The average Bonchev–Trinajstić information content (AvgIpc) is 2.10. The molecule has 0 saturated carbocycles. The zero-order valence-corrected chi connectivity index (χ0v) is 9.10. The van der Waals surface area contributed by atoms with Crippen LogP contribution in [0.4, 0.5) is 0 Å². The van der Waals surface area contributed by atoms with Gasteiger partial charge in [-0.3, -0.25) is 0 Å². The van der Waals surface area contributed by atoms with Crippen molar-refractivity contribution in [3.63, 3.8) is 0 Å². The Hall–Kier alpha value is -0.0800. The number of likely N-dealkylation sites (tertiary alicyclic amines) is 1. The Morgan fingerprint density at radius 2 is 1.77 bits per heavy atom. The SMILES string of the molecule is CN1CC2(CCC(C)(C)CCO2)C1. The molecule has 2 saturated heterocycles. The molecule has 0 bridgehead atoms. The van der Waals surface area contributed by atoms with Gasteiger partial charge in [0.15, 0.2) is 0 Å². The van der Waals surface area contributed by atoms with Crippen molar-refractivity contribution in [1.29, 1.82) is 0 Å². The summed E-state index contributed by atoms with van der Waals surface area (Å²) in [5.41, 5.74) is 0.736. The van der Waals surface area contributed by atoms with Gasteiger partial charge in [0.1, 0.15) is 0 Å². The molecule has 0 aromatic heterocycles. The third-order valence-electron chi connectivity index (χ3n) is 3.56. The van der Waals surface area contributed by atoms with Crippen LogP contribution in [0.5, 0.6) is 0 Å². The minimum Gasteiger partial charge on any atom is -0.372 e. The molecule has 2 rings (SSSR count). The average molecular weight is 183 g/mol. The predicted molar refractivity (Wildman–Crippen MR) is 53.8 cm³/mol. The van der Waals surface area contributed by atoms with Crippen LogP contribution in [0, 0.1) is 5.41 Å². The molecule has 0 unspecified atom stereocenters. The van der Waals surface area contributed by atoms with Crippen LogP contribution in [0.25, 0.3) is 0 Å². The van der Waals surface area contributed by atoms with Crippen molar-refractivity contribution < 1.29 is 4.74 Å². The van der Waals surface area contributed by atoms with Gasteiger partial charge in [0.05, 0.1) is 5.60 Å². The van der Waals surface area contributed by atoms with Gasteiger partial charge in [0, 0.05) is 19.7 Å². The highest BCUT2D eigenvalue weighted by Crippen LogP contribution is 2.39. The van der Waals surface area contributed by atoms with Crippen LogP contribution in [0.2, 0.25) is 0 Å². The van der Waals surface area contributed by atoms with Crippen molar-refractivity contribution >= 4 is 0 Å². The normalized spacial score (nSPS) is 32.5. The summed E-state index contributed by atoms with van der Waals surface area (Å²) in [6, 6.07) is 0. The number of hydrogen-bond acceptors (Lipinski definition) is 2. The number of nitrogens with zero attached hydrogens (tertiary/aromatic N) is 1. The van der Waals surface area contributed by atoms with Crippen molar-refractivity contribution in [3.05, 3.63) is 0 Å². The molecule has 2 fully saturated rings. The fourth-order valence-electron chi connectivity index (χ4n) is 2.49. The molecule has 0 aromatic rings. The van der Waals surface area contributed by atoms with Crippen molar-refractivity contribution in [2.45, 2.75) is 38.7 Å². The van der Waals surface area contributed by atoms with Crippen LogP contribution in [0.3, 0.4) is 0 Å². The van der Waals surface area contributed by atoms with E-state index in [0.717, 1.165) is 19.7 Å². The van der Waals surface area contributed by atoms with Gasteiger partial charge < -0.3 is 9.64 Å². The minimum atomic E-state index is 0.239. The van der Waals surface area contributed by atoms with E-state index in [-0.39, 0.29) is 5.60 Å². The van der Waals surface area contributed by atoms with E-state index in [4.69, 9.17) is 4.74 Å². The molecule has 0 aliphatic carbocycles. The highest BCUT2D eigenvalue weighted by molar-refractivity contribution is 4.98. The third-order valence-corrected chi connectivity index (χ3v) is 3.56. The fraction of sp³-hybridized carbons (Fsp3) is 1.00. The maximum Gasteiger partial charge on any atom is 0.0934 e. The molecule has 0 N–H and O–H groups in total. The third kappa shape index (κ3) is 1.89. The topological polar surface area (TPSA) is 12.5 Å². The van der Waals surface area contributed by atoms with Crippen LogP contribution in [0.1, 0.15) is 33.1 Å². The lowest BCUT2D eigenvalue weighted by atomic mass is 9.80. The second-order valence-corrected chi connectivity index (χ2v) is 5.62. The molecule has 76 valence electrons. The summed E-state index contributed by atoms with van der Waals surface area (Å²) in [4.78, 5) is 2.35. The van der Waals surface area contributed by atoms with E-state index >= 15 is 0 Å². The van der Waals surface area contributed by atoms with Gasteiger partial charge in [-0.05, 0) is 31.7 Å².